The van der Waals surface area contributed by atoms with Gasteiger partial charge < -0.3 is 4.42 Å². The van der Waals surface area contributed by atoms with E-state index in [2.05, 4.69) is 51.3 Å². The number of aromatic nitrogens is 3. The van der Waals surface area contributed by atoms with Crippen LogP contribution < -0.4 is 0 Å². The number of rotatable bonds is 4. The van der Waals surface area contributed by atoms with Gasteiger partial charge in [-0.15, -0.1) is 21.5 Å². The minimum atomic E-state index is 0.208. The molecule has 3 aromatic rings. The molecule has 0 bridgehead atoms. The highest BCUT2D eigenvalue weighted by Crippen LogP contribution is 2.34. The molecule has 0 spiro atoms. The molecule has 5 nitrogen and oxygen atoms in total. The fraction of sp³-hybridized carbons (Fsp3) is 0.389. The molecule has 1 aliphatic rings. The van der Waals surface area contributed by atoms with Crippen molar-refractivity contribution in [2.75, 3.05) is 6.54 Å². The summed E-state index contributed by atoms with van der Waals surface area (Å²) >= 11 is 1.54. The van der Waals surface area contributed by atoms with Crippen LogP contribution in [0.4, 0.5) is 0 Å². The van der Waals surface area contributed by atoms with Crippen LogP contribution >= 0.6 is 11.3 Å². The number of thiazole rings is 1. The predicted molar refractivity (Wildman–Crippen MR) is 93.7 cm³/mol. The molecule has 0 unspecified atom stereocenters. The van der Waals surface area contributed by atoms with Crippen molar-refractivity contribution in [1.82, 2.24) is 20.1 Å². The van der Waals surface area contributed by atoms with E-state index >= 15 is 0 Å². The van der Waals surface area contributed by atoms with Crippen molar-refractivity contribution in [2.24, 2.45) is 0 Å². The lowest BCUT2D eigenvalue weighted by atomic mass is 10.1. The molecule has 3 heterocycles. The molecule has 1 fully saturated rings. The minimum absolute atomic E-state index is 0.208. The van der Waals surface area contributed by atoms with E-state index in [1.165, 1.54) is 11.1 Å². The van der Waals surface area contributed by atoms with Gasteiger partial charge in [0.1, 0.15) is 4.88 Å². The molecule has 1 aromatic carbocycles. The second kappa shape index (κ2) is 6.45. The second-order valence-electron chi connectivity index (χ2n) is 6.33. The predicted octanol–water partition coefficient (Wildman–Crippen LogP) is 4.15. The Balaban J connectivity index is 1.55. The Bertz CT molecular complexity index is 841. The largest absolute Gasteiger partial charge is 0.418 e. The van der Waals surface area contributed by atoms with E-state index in [1.807, 2.05) is 12.4 Å². The molecule has 0 N–H and O–H groups in total. The van der Waals surface area contributed by atoms with Crippen LogP contribution in [-0.4, -0.2) is 26.6 Å². The Morgan fingerprint density at radius 3 is 3.00 bits per heavy atom. The lowest BCUT2D eigenvalue weighted by Gasteiger charge is -2.21. The quantitative estimate of drug-likeness (QED) is 0.714. The molecule has 0 radical (unpaired) electrons. The van der Waals surface area contributed by atoms with Gasteiger partial charge in [-0.25, -0.2) is 4.98 Å². The normalized spacial score (nSPS) is 18.3. The molecular formula is C18H20N4OS. The van der Waals surface area contributed by atoms with Crippen molar-refractivity contribution in [3.05, 3.63) is 52.5 Å². The topological polar surface area (TPSA) is 55.1 Å². The standard InChI is InChI=1S/C18H20N4OS/c1-12-5-3-6-14(9-12)10-22-8-4-7-15(22)17-20-21-18(23-17)16-13(2)19-11-24-16/h3,5-6,9,11,15H,4,7-8,10H2,1-2H3/t15-/m0/s1. The van der Waals surface area contributed by atoms with E-state index in [4.69, 9.17) is 4.42 Å². The highest BCUT2D eigenvalue weighted by Gasteiger charge is 2.31. The van der Waals surface area contributed by atoms with Gasteiger partial charge in [0, 0.05) is 6.54 Å². The van der Waals surface area contributed by atoms with Crippen molar-refractivity contribution < 1.29 is 4.42 Å². The maximum atomic E-state index is 5.99. The minimum Gasteiger partial charge on any atom is -0.418 e. The average molecular weight is 340 g/mol. The Hall–Kier alpha value is -2.05. The SMILES string of the molecule is Cc1cccc(CN2CCC[C@H]2c2nnc(-c3scnc3C)o2)c1. The molecule has 0 saturated carbocycles. The Morgan fingerprint density at radius 1 is 1.29 bits per heavy atom. The lowest BCUT2D eigenvalue weighted by Crippen LogP contribution is -2.23. The summed E-state index contributed by atoms with van der Waals surface area (Å²) in [4.78, 5) is 7.66. The number of likely N-dealkylation sites (tertiary alicyclic amines) is 1. The summed E-state index contributed by atoms with van der Waals surface area (Å²) < 4.78 is 5.99. The van der Waals surface area contributed by atoms with Gasteiger partial charge in [0.25, 0.3) is 5.89 Å². The Morgan fingerprint density at radius 2 is 2.21 bits per heavy atom. The number of aryl methyl sites for hydroxylation is 2. The van der Waals surface area contributed by atoms with Crippen molar-refractivity contribution in [1.29, 1.82) is 0 Å². The summed E-state index contributed by atoms with van der Waals surface area (Å²) in [5, 5.41) is 8.57. The van der Waals surface area contributed by atoms with E-state index in [0.717, 1.165) is 42.4 Å². The molecule has 4 rings (SSSR count). The van der Waals surface area contributed by atoms with Gasteiger partial charge in [-0.05, 0) is 38.8 Å². The zero-order valence-electron chi connectivity index (χ0n) is 13.9. The Kier molecular flexibility index (Phi) is 4.16. The van der Waals surface area contributed by atoms with E-state index in [1.54, 1.807) is 11.3 Å². The number of benzene rings is 1. The molecule has 24 heavy (non-hydrogen) atoms. The summed E-state index contributed by atoms with van der Waals surface area (Å²) in [6.07, 6.45) is 2.23. The molecule has 1 aliphatic heterocycles. The monoisotopic (exact) mass is 340 g/mol. The summed E-state index contributed by atoms with van der Waals surface area (Å²) in [6, 6.07) is 8.89. The fourth-order valence-corrected chi connectivity index (χ4v) is 4.03. The van der Waals surface area contributed by atoms with Gasteiger partial charge in [-0.1, -0.05) is 29.8 Å². The van der Waals surface area contributed by atoms with Gasteiger partial charge in [-0.2, -0.15) is 0 Å². The molecule has 0 aliphatic carbocycles. The summed E-state index contributed by atoms with van der Waals surface area (Å²) in [7, 11) is 0. The first-order valence-electron chi connectivity index (χ1n) is 8.24. The smallest absolute Gasteiger partial charge is 0.259 e. The van der Waals surface area contributed by atoms with Crippen LogP contribution in [0.25, 0.3) is 10.8 Å². The van der Waals surface area contributed by atoms with Gasteiger partial charge in [0.05, 0.1) is 17.2 Å². The molecule has 124 valence electrons. The zero-order chi connectivity index (χ0) is 16.5. The van der Waals surface area contributed by atoms with Crippen molar-refractivity contribution in [2.45, 2.75) is 39.3 Å². The first-order valence-corrected chi connectivity index (χ1v) is 9.12. The maximum Gasteiger partial charge on any atom is 0.259 e. The Labute approximate surface area is 145 Å². The van der Waals surface area contributed by atoms with E-state index in [0.29, 0.717) is 5.89 Å². The fourth-order valence-electron chi connectivity index (χ4n) is 3.31. The van der Waals surface area contributed by atoms with E-state index < -0.39 is 0 Å². The molecule has 6 heteroatoms. The third-order valence-corrected chi connectivity index (χ3v) is 5.41. The van der Waals surface area contributed by atoms with Crippen molar-refractivity contribution >= 4 is 11.3 Å². The number of hydrogen-bond acceptors (Lipinski definition) is 6. The molecule has 0 amide bonds. The van der Waals surface area contributed by atoms with Crippen LogP contribution in [0.3, 0.4) is 0 Å². The zero-order valence-corrected chi connectivity index (χ0v) is 14.7. The highest BCUT2D eigenvalue weighted by atomic mass is 32.1. The van der Waals surface area contributed by atoms with Crippen molar-refractivity contribution in [3.63, 3.8) is 0 Å². The first kappa shape index (κ1) is 15.5. The third-order valence-electron chi connectivity index (χ3n) is 4.50. The van der Waals surface area contributed by atoms with Gasteiger partial charge >= 0.3 is 0 Å². The van der Waals surface area contributed by atoms with Crippen LogP contribution in [-0.2, 0) is 6.54 Å². The van der Waals surface area contributed by atoms with Crippen LogP contribution in [0.1, 0.15) is 41.6 Å². The second-order valence-corrected chi connectivity index (χ2v) is 7.18. The van der Waals surface area contributed by atoms with Crippen LogP contribution in [0.15, 0.2) is 34.2 Å². The average Bonchev–Trinajstić information content (AvgIpc) is 3.27. The third kappa shape index (κ3) is 2.99. The van der Waals surface area contributed by atoms with Gasteiger partial charge in [0.2, 0.25) is 5.89 Å². The summed E-state index contributed by atoms with van der Waals surface area (Å²) in [6.45, 7) is 6.08. The van der Waals surface area contributed by atoms with Crippen molar-refractivity contribution in [3.8, 4) is 10.8 Å². The molecule has 1 saturated heterocycles. The number of nitrogens with zero attached hydrogens (tertiary/aromatic N) is 4. The maximum absolute atomic E-state index is 5.99. The van der Waals surface area contributed by atoms with E-state index in [-0.39, 0.29) is 6.04 Å². The number of hydrogen-bond donors (Lipinski definition) is 0. The van der Waals surface area contributed by atoms with Gasteiger partial charge in [0.15, 0.2) is 0 Å². The van der Waals surface area contributed by atoms with Crippen LogP contribution in [0.5, 0.6) is 0 Å². The first-order chi connectivity index (χ1) is 11.7. The summed E-state index contributed by atoms with van der Waals surface area (Å²) in [5.41, 5.74) is 5.39. The molecule has 2 aromatic heterocycles. The molecular weight excluding hydrogens is 320 g/mol. The van der Waals surface area contributed by atoms with Crippen LogP contribution in [0, 0.1) is 13.8 Å². The lowest BCUT2D eigenvalue weighted by molar-refractivity contribution is 0.215. The van der Waals surface area contributed by atoms with E-state index in [9.17, 15) is 0 Å². The van der Waals surface area contributed by atoms with Crippen LogP contribution in [0.2, 0.25) is 0 Å². The van der Waals surface area contributed by atoms with Gasteiger partial charge in [-0.3, -0.25) is 4.90 Å². The molecule has 1 atom stereocenters. The summed E-state index contributed by atoms with van der Waals surface area (Å²) in [5.74, 6) is 1.32. The highest BCUT2D eigenvalue weighted by molar-refractivity contribution is 7.13.